The Bertz CT molecular complexity index is 661. The number of carbonyl (C=O) groups is 1. The molecule has 1 N–H and O–H groups in total. The lowest BCUT2D eigenvalue weighted by atomic mass is 10.1. The predicted octanol–water partition coefficient (Wildman–Crippen LogP) is 3.61. The molecular weight excluding hydrogens is 278 g/mol. The summed E-state index contributed by atoms with van der Waals surface area (Å²) in [5.74, 6) is 0. The first-order valence-corrected chi connectivity index (χ1v) is 6.97. The van der Waals surface area contributed by atoms with E-state index in [4.69, 9.17) is 4.74 Å². The lowest BCUT2D eigenvalue weighted by molar-refractivity contribution is 0.0529. The zero-order chi connectivity index (χ0) is 16.0. The van der Waals surface area contributed by atoms with Gasteiger partial charge in [0, 0.05) is 11.8 Å². The SMILES string of the molecule is CC(C)(C)OC(=O)NN=Cc1cccc(-c2ccccn2)c1. The number of hydrazone groups is 1. The Kier molecular flexibility index (Phi) is 4.88. The number of benzene rings is 1. The minimum Gasteiger partial charge on any atom is -0.443 e. The highest BCUT2D eigenvalue weighted by atomic mass is 16.6. The number of hydrogen-bond acceptors (Lipinski definition) is 4. The van der Waals surface area contributed by atoms with Crippen LogP contribution in [0.4, 0.5) is 4.79 Å². The average molecular weight is 297 g/mol. The molecule has 1 heterocycles. The number of nitrogens with one attached hydrogen (secondary N) is 1. The van der Waals surface area contributed by atoms with Crippen LogP contribution in [0.15, 0.2) is 53.8 Å². The van der Waals surface area contributed by atoms with Gasteiger partial charge >= 0.3 is 6.09 Å². The molecule has 0 aliphatic carbocycles. The van der Waals surface area contributed by atoms with Gasteiger partial charge in [-0.25, -0.2) is 10.2 Å². The van der Waals surface area contributed by atoms with E-state index in [0.717, 1.165) is 16.8 Å². The lowest BCUT2D eigenvalue weighted by Crippen LogP contribution is -2.29. The minimum atomic E-state index is -0.579. The van der Waals surface area contributed by atoms with Crippen LogP contribution in [-0.2, 0) is 4.74 Å². The largest absolute Gasteiger partial charge is 0.443 e. The molecule has 1 aromatic carbocycles. The van der Waals surface area contributed by atoms with Crippen LogP contribution in [-0.4, -0.2) is 22.9 Å². The molecule has 0 aliphatic heterocycles. The maximum absolute atomic E-state index is 11.5. The molecule has 2 rings (SSSR count). The molecule has 0 atom stereocenters. The summed E-state index contributed by atoms with van der Waals surface area (Å²) in [6.45, 7) is 5.39. The van der Waals surface area contributed by atoms with Crippen LogP contribution < -0.4 is 5.43 Å². The molecule has 0 radical (unpaired) electrons. The zero-order valence-electron chi connectivity index (χ0n) is 12.9. The number of amides is 1. The second-order valence-electron chi connectivity index (χ2n) is 5.71. The number of pyridine rings is 1. The Labute approximate surface area is 130 Å². The summed E-state index contributed by atoms with van der Waals surface area (Å²) >= 11 is 0. The Balaban J connectivity index is 2.02. The number of carbonyl (C=O) groups excluding carboxylic acids is 1. The van der Waals surface area contributed by atoms with Gasteiger partial charge < -0.3 is 4.74 Å². The molecule has 0 unspecified atom stereocenters. The van der Waals surface area contributed by atoms with Gasteiger partial charge in [0.1, 0.15) is 5.60 Å². The lowest BCUT2D eigenvalue weighted by Gasteiger charge is -2.18. The fourth-order valence-corrected chi connectivity index (χ4v) is 1.77. The Hall–Kier alpha value is -2.69. The smallest absolute Gasteiger partial charge is 0.428 e. The third-order valence-electron chi connectivity index (χ3n) is 2.62. The maximum Gasteiger partial charge on any atom is 0.428 e. The molecule has 5 nitrogen and oxygen atoms in total. The standard InChI is InChI=1S/C17H19N3O2/c1-17(2,3)22-16(21)20-19-12-13-7-6-8-14(11-13)15-9-4-5-10-18-15/h4-12H,1-3H3,(H,20,21). The second kappa shape index (κ2) is 6.85. The van der Waals surface area contributed by atoms with Crippen molar-refractivity contribution in [3.63, 3.8) is 0 Å². The van der Waals surface area contributed by atoms with Gasteiger partial charge in [-0.3, -0.25) is 4.98 Å². The van der Waals surface area contributed by atoms with Crippen molar-refractivity contribution >= 4 is 12.3 Å². The average Bonchev–Trinajstić information content (AvgIpc) is 2.47. The number of nitrogens with zero attached hydrogens (tertiary/aromatic N) is 2. The molecule has 0 bridgehead atoms. The van der Waals surface area contributed by atoms with Crippen molar-refractivity contribution in [1.29, 1.82) is 0 Å². The number of rotatable bonds is 3. The first-order chi connectivity index (χ1) is 10.4. The van der Waals surface area contributed by atoms with Crippen LogP contribution in [0.5, 0.6) is 0 Å². The van der Waals surface area contributed by atoms with E-state index in [1.165, 1.54) is 0 Å². The summed E-state index contributed by atoms with van der Waals surface area (Å²) in [7, 11) is 0. The summed E-state index contributed by atoms with van der Waals surface area (Å²) in [5, 5.41) is 3.89. The molecule has 1 aromatic heterocycles. The molecule has 0 aliphatic rings. The minimum absolute atomic E-state index is 0.543. The fraction of sp³-hybridized carbons (Fsp3) is 0.235. The molecule has 0 saturated heterocycles. The molecule has 22 heavy (non-hydrogen) atoms. The van der Waals surface area contributed by atoms with E-state index in [0.29, 0.717) is 0 Å². The second-order valence-corrected chi connectivity index (χ2v) is 5.71. The van der Waals surface area contributed by atoms with Crippen molar-refractivity contribution in [3.05, 3.63) is 54.2 Å². The van der Waals surface area contributed by atoms with Crippen LogP contribution in [0.25, 0.3) is 11.3 Å². The van der Waals surface area contributed by atoms with Crippen LogP contribution >= 0.6 is 0 Å². The highest BCUT2D eigenvalue weighted by Gasteiger charge is 2.15. The van der Waals surface area contributed by atoms with E-state index in [2.05, 4.69) is 15.5 Å². The van der Waals surface area contributed by atoms with Gasteiger partial charge in [0.2, 0.25) is 0 Å². The third kappa shape index (κ3) is 5.01. The van der Waals surface area contributed by atoms with E-state index in [-0.39, 0.29) is 0 Å². The Morgan fingerprint density at radius 1 is 1.23 bits per heavy atom. The quantitative estimate of drug-likeness (QED) is 0.695. The van der Waals surface area contributed by atoms with Crippen LogP contribution in [0.2, 0.25) is 0 Å². The number of aromatic nitrogens is 1. The van der Waals surface area contributed by atoms with Crippen molar-refractivity contribution in [1.82, 2.24) is 10.4 Å². The summed E-state index contributed by atoms with van der Waals surface area (Å²) in [4.78, 5) is 15.8. The topological polar surface area (TPSA) is 63.6 Å². The van der Waals surface area contributed by atoms with Gasteiger partial charge in [-0.1, -0.05) is 24.3 Å². The van der Waals surface area contributed by atoms with Gasteiger partial charge in [0.05, 0.1) is 11.9 Å². The molecule has 0 fully saturated rings. The van der Waals surface area contributed by atoms with Crippen LogP contribution in [0.1, 0.15) is 26.3 Å². The van der Waals surface area contributed by atoms with Gasteiger partial charge in [-0.05, 0) is 44.5 Å². The monoisotopic (exact) mass is 297 g/mol. The molecule has 114 valence electrons. The third-order valence-corrected chi connectivity index (χ3v) is 2.62. The van der Waals surface area contributed by atoms with Crippen molar-refractivity contribution in [3.8, 4) is 11.3 Å². The first kappa shape index (κ1) is 15.7. The van der Waals surface area contributed by atoms with E-state index in [1.807, 2.05) is 42.5 Å². The Morgan fingerprint density at radius 2 is 2.05 bits per heavy atom. The number of hydrogen-bond donors (Lipinski definition) is 1. The van der Waals surface area contributed by atoms with Crippen molar-refractivity contribution < 1.29 is 9.53 Å². The molecule has 2 aromatic rings. The maximum atomic E-state index is 11.5. The van der Waals surface area contributed by atoms with Crippen molar-refractivity contribution in [2.45, 2.75) is 26.4 Å². The van der Waals surface area contributed by atoms with E-state index >= 15 is 0 Å². The predicted molar refractivity (Wildman–Crippen MR) is 86.6 cm³/mol. The summed E-state index contributed by atoms with van der Waals surface area (Å²) in [6, 6.07) is 13.5. The van der Waals surface area contributed by atoms with Gasteiger partial charge in [0.25, 0.3) is 0 Å². The Morgan fingerprint density at radius 3 is 2.73 bits per heavy atom. The molecule has 0 spiro atoms. The molecular formula is C17H19N3O2. The zero-order valence-corrected chi connectivity index (χ0v) is 12.9. The van der Waals surface area contributed by atoms with Gasteiger partial charge in [-0.2, -0.15) is 5.10 Å². The fourth-order valence-electron chi connectivity index (χ4n) is 1.77. The summed E-state index contributed by atoms with van der Waals surface area (Å²) in [6.07, 6.45) is 2.74. The van der Waals surface area contributed by atoms with Crippen LogP contribution in [0, 0.1) is 0 Å². The van der Waals surface area contributed by atoms with Gasteiger partial charge in [0.15, 0.2) is 0 Å². The highest BCUT2D eigenvalue weighted by Crippen LogP contribution is 2.16. The van der Waals surface area contributed by atoms with E-state index < -0.39 is 11.7 Å². The van der Waals surface area contributed by atoms with Crippen molar-refractivity contribution in [2.24, 2.45) is 5.10 Å². The number of ether oxygens (including phenoxy) is 1. The molecule has 0 saturated carbocycles. The van der Waals surface area contributed by atoms with E-state index in [9.17, 15) is 4.79 Å². The van der Waals surface area contributed by atoms with Crippen molar-refractivity contribution in [2.75, 3.05) is 0 Å². The normalized spacial score (nSPS) is 11.4. The molecule has 1 amide bonds. The summed E-state index contributed by atoms with van der Waals surface area (Å²) < 4.78 is 5.09. The van der Waals surface area contributed by atoms with E-state index in [1.54, 1.807) is 33.2 Å². The highest BCUT2D eigenvalue weighted by molar-refractivity contribution is 5.83. The first-order valence-electron chi connectivity index (χ1n) is 6.97. The molecule has 5 heteroatoms. The van der Waals surface area contributed by atoms with Crippen LogP contribution in [0.3, 0.4) is 0 Å². The van der Waals surface area contributed by atoms with Gasteiger partial charge in [-0.15, -0.1) is 0 Å². The summed E-state index contributed by atoms with van der Waals surface area (Å²) in [5.41, 5.74) is 4.53.